The number of aromatic hydroxyl groups is 1. The van der Waals surface area contributed by atoms with Crippen molar-refractivity contribution >= 4 is 18.1 Å². The summed E-state index contributed by atoms with van der Waals surface area (Å²) in [4.78, 5) is 12.2. The predicted octanol–water partition coefficient (Wildman–Crippen LogP) is 4.35. The van der Waals surface area contributed by atoms with E-state index in [9.17, 15) is 9.90 Å². The number of aryl methyl sites for hydroxylation is 1. The average molecular weight is 375 g/mol. The number of nitrogens with one attached hydrogen (secondary N) is 1. The van der Waals surface area contributed by atoms with Crippen LogP contribution in [-0.2, 0) is 6.54 Å². The molecular weight excluding hydrogens is 358 g/mol. The Morgan fingerprint density at radius 2 is 1.70 bits per heavy atom. The molecule has 2 N–H and O–H groups in total. The Labute approximate surface area is 162 Å². The molecule has 0 aliphatic carbocycles. The highest BCUT2D eigenvalue weighted by molar-refractivity contribution is 7.71. The van der Waals surface area contributed by atoms with Gasteiger partial charge in [0.2, 0.25) is 5.76 Å². The van der Waals surface area contributed by atoms with E-state index in [0.29, 0.717) is 12.3 Å². The smallest absolute Gasteiger partial charge is 0.291 e. The summed E-state index contributed by atoms with van der Waals surface area (Å²) in [5, 5.41) is 12.6. The molecule has 0 spiro atoms. The molecule has 0 unspecified atom stereocenters. The number of rotatable bonds is 3. The Kier molecular flexibility index (Phi) is 5.70. The van der Waals surface area contributed by atoms with Gasteiger partial charge in [-0.2, -0.15) is 0 Å². The molecule has 134 valence electrons. The van der Waals surface area contributed by atoms with Crippen LogP contribution in [0.2, 0.25) is 0 Å². The van der Waals surface area contributed by atoms with Gasteiger partial charge >= 0.3 is 0 Å². The van der Waals surface area contributed by atoms with Crippen LogP contribution in [-0.4, -0.2) is 11.0 Å². The summed E-state index contributed by atoms with van der Waals surface area (Å²) in [6, 6.07) is 18.8. The van der Waals surface area contributed by atoms with Crippen molar-refractivity contribution in [1.82, 2.24) is 5.32 Å². The third kappa shape index (κ3) is 4.84. The molecule has 1 heterocycles. The number of carbonyl (C=O) groups excluding carboxylic acids is 1. The second-order valence-corrected chi connectivity index (χ2v) is 6.33. The fourth-order valence-electron chi connectivity index (χ4n) is 2.39. The van der Waals surface area contributed by atoms with Crippen LogP contribution >= 0.6 is 12.2 Å². The topological polar surface area (TPSA) is 62.5 Å². The molecule has 0 saturated carbocycles. The monoisotopic (exact) mass is 375 g/mol. The van der Waals surface area contributed by atoms with Crippen molar-refractivity contribution in [2.75, 3.05) is 0 Å². The first-order valence-electron chi connectivity index (χ1n) is 8.31. The minimum atomic E-state index is -0.518. The Bertz CT molecular complexity index is 1070. The Hall–Kier alpha value is -3.36. The highest BCUT2D eigenvalue weighted by Gasteiger charge is 2.16. The normalized spacial score (nSPS) is 9.96. The second-order valence-electron chi connectivity index (χ2n) is 5.89. The third-order valence-corrected chi connectivity index (χ3v) is 4.10. The Morgan fingerprint density at radius 1 is 1.07 bits per heavy atom. The molecule has 1 aromatic heterocycles. The van der Waals surface area contributed by atoms with E-state index in [2.05, 4.69) is 17.2 Å². The molecular formula is C22H17NO3S. The SMILES string of the molecule is Cc1cc(=S)c(O)c(C(=O)NCc2ccc(C#Cc3ccccc3)cc2)o1. The summed E-state index contributed by atoms with van der Waals surface area (Å²) in [6.07, 6.45) is 0. The fraction of sp³-hybridized carbons (Fsp3) is 0.0909. The lowest BCUT2D eigenvalue weighted by Crippen LogP contribution is -2.23. The van der Waals surface area contributed by atoms with E-state index < -0.39 is 5.91 Å². The molecule has 0 atom stereocenters. The molecule has 0 aliphatic heterocycles. The minimum absolute atomic E-state index is 0.176. The zero-order valence-electron chi connectivity index (χ0n) is 14.7. The molecule has 27 heavy (non-hydrogen) atoms. The van der Waals surface area contributed by atoms with Gasteiger partial charge < -0.3 is 14.8 Å². The number of hydrogen-bond acceptors (Lipinski definition) is 4. The zero-order chi connectivity index (χ0) is 19.2. The maximum absolute atomic E-state index is 12.2. The lowest BCUT2D eigenvalue weighted by Gasteiger charge is -2.07. The van der Waals surface area contributed by atoms with E-state index in [1.165, 1.54) is 6.07 Å². The van der Waals surface area contributed by atoms with E-state index >= 15 is 0 Å². The molecule has 1 amide bonds. The van der Waals surface area contributed by atoms with Crippen molar-refractivity contribution in [3.05, 3.63) is 93.4 Å². The van der Waals surface area contributed by atoms with Crippen LogP contribution in [0.15, 0.2) is 65.1 Å². The summed E-state index contributed by atoms with van der Waals surface area (Å²) in [5.41, 5.74) is 2.74. The van der Waals surface area contributed by atoms with Gasteiger partial charge in [-0.1, -0.05) is 54.4 Å². The van der Waals surface area contributed by atoms with Gasteiger partial charge in [-0.25, -0.2) is 0 Å². The predicted molar refractivity (Wildman–Crippen MR) is 106 cm³/mol. The van der Waals surface area contributed by atoms with Gasteiger partial charge in [0.25, 0.3) is 5.91 Å². The van der Waals surface area contributed by atoms with Crippen molar-refractivity contribution in [3.63, 3.8) is 0 Å². The largest absolute Gasteiger partial charge is 0.503 e. The lowest BCUT2D eigenvalue weighted by molar-refractivity contribution is 0.0914. The van der Waals surface area contributed by atoms with Crippen LogP contribution < -0.4 is 5.32 Å². The molecule has 3 aromatic rings. The van der Waals surface area contributed by atoms with Gasteiger partial charge in [0.1, 0.15) is 5.76 Å². The van der Waals surface area contributed by atoms with Gasteiger partial charge in [-0.15, -0.1) is 0 Å². The summed E-state index contributed by atoms with van der Waals surface area (Å²) in [7, 11) is 0. The van der Waals surface area contributed by atoms with Crippen molar-refractivity contribution in [2.45, 2.75) is 13.5 Å². The molecule has 0 saturated heterocycles. The van der Waals surface area contributed by atoms with Gasteiger partial charge in [0.05, 0.1) is 4.51 Å². The molecule has 0 radical (unpaired) electrons. The molecule has 0 fully saturated rings. The van der Waals surface area contributed by atoms with E-state index in [4.69, 9.17) is 16.6 Å². The fourth-order valence-corrected chi connectivity index (χ4v) is 2.65. The van der Waals surface area contributed by atoms with E-state index in [1.807, 2.05) is 54.6 Å². The van der Waals surface area contributed by atoms with E-state index in [1.54, 1.807) is 6.92 Å². The molecule has 0 aliphatic rings. The van der Waals surface area contributed by atoms with E-state index in [-0.39, 0.29) is 16.0 Å². The number of amides is 1. The average Bonchev–Trinajstić information content (AvgIpc) is 2.69. The Morgan fingerprint density at radius 3 is 2.37 bits per heavy atom. The van der Waals surface area contributed by atoms with E-state index in [0.717, 1.165) is 16.7 Å². The molecule has 2 aromatic carbocycles. The molecule has 4 nitrogen and oxygen atoms in total. The maximum Gasteiger partial charge on any atom is 0.291 e. The molecule has 3 rings (SSSR count). The van der Waals surface area contributed by atoms with Crippen LogP contribution in [0.3, 0.4) is 0 Å². The van der Waals surface area contributed by atoms with Gasteiger partial charge in [-0.3, -0.25) is 4.79 Å². The van der Waals surface area contributed by atoms with Crippen LogP contribution in [0.4, 0.5) is 0 Å². The number of carbonyl (C=O) groups is 1. The standard InChI is InChI=1S/C22H17NO3S/c1-15-13-19(27)20(24)21(26-15)22(25)23-14-18-11-9-17(10-12-18)8-7-16-5-3-2-4-6-16/h2-6,9-13,24H,14H2,1H3,(H,23,25). The Balaban J connectivity index is 1.65. The molecule has 5 heteroatoms. The minimum Gasteiger partial charge on any atom is -0.503 e. The zero-order valence-corrected chi connectivity index (χ0v) is 15.5. The summed E-state index contributed by atoms with van der Waals surface area (Å²) in [6.45, 7) is 1.96. The third-order valence-electron chi connectivity index (χ3n) is 3.78. The van der Waals surface area contributed by atoms with Crippen molar-refractivity contribution in [2.24, 2.45) is 0 Å². The number of benzene rings is 2. The van der Waals surface area contributed by atoms with Crippen molar-refractivity contribution in [1.29, 1.82) is 0 Å². The van der Waals surface area contributed by atoms with Crippen LogP contribution in [0.1, 0.15) is 33.0 Å². The highest BCUT2D eigenvalue weighted by Crippen LogP contribution is 2.20. The summed E-state index contributed by atoms with van der Waals surface area (Å²) in [5.74, 6) is 5.65. The maximum atomic E-state index is 12.2. The first-order valence-corrected chi connectivity index (χ1v) is 8.71. The first kappa shape index (κ1) is 18.4. The van der Waals surface area contributed by atoms with Crippen LogP contribution in [0.5, 0.6) is 5.75 Å². The first-order chi connectivity index (χ1) is 13.0. The lowest BCUT2D eigenvalue weighted by atomic mass is 10.1. The summed E-state index contributed by atoms with van der Waals surface area (Å²) < 4.78 is 5.47. The quantitative estimate of drug-likeness (QED) is 0.528. The van der Waals surface area contributed by atoms with Crippen LogP contribution in [0.25, 0.3) is 0 Å². The molecule has 0 bridgehead atoms. The van der Waals surface area contributed by atoms with Gasteiger partial charge in [0, 0.05) is 17.7 Å². The van der Waals surface area contributed by atoms with Gasteiger partial charge in [-0.05, 0) is 42.8 Å². The summed E-state index contributed by atoms with van der Waals surface area (Å²) >= 11 is 5.00. The highest BCUT2D eigenvalue weighted by atomic mass is 32.1. The van der Waals surface area contributed by atoms with Crippen molar-refractivity contribution < 1.29 is 14.3 Å². The van der Waals surface area contributed by atoms with Crippen molar-refractivity contribution in [3.8, 4) is 17.6 Å². The van der Waals surface area contributed by atoms with Gasteiger partial charge in [0.15, 0.2) is 5.75 Å². The van der Waals surface area contributed by atoms with Crippen LogP contribution in [0, 0.1) is 23.3 Å². The number of hydrogen-bond donors (Lipinski definition) is 2. The second kappa shape index (κ2) is 8.35.